The van der Waals surface area contributed by atoms with E-state index in [1.54, 1.807) is 32.0 Å². The van der Waals surface area contributed by atoms with Crippen molar-refractivity contribution in [2.45, 2.75) is 40.3 Å². The van der Waals surface area contributed by atoms with E-state index in [0.29, 0.717) is 50.6 Å². The number of hydrogen-bond donors (Lipinski definition) is 3. The van der Waals surface area contributed by atoms with Crippen LogP contribution in [0, 0.1) is 0 Å². The van der Waals surface area contributed by atoms with Crippen LogP contribution in [0.4, 0.5) is 5.69 Å². The summed E-state index contributed by atoms with van der Waals surface area (Å²) in [6.45, 7) is 9.63. The second kappa shape index (κ2) is 16.6. The highest BCUT2D eigenvalue weighted by Gasteiger charge is 2.32. The van der Waals surface area contributed by atoms with Crippen molar-refractivity contribution in [2.75, 3.05) is 31.2 Å². The van der Waals surface area contributed by atoms with Crippen LogP contribution in [0.3, 0.4) is 0 Å². The highest BCUT2D eigenvalue weighted by atomic mass is 35.5. The number of para-hydroxylation sites is 1. The number of thiocarbonyl (C=S) groups is 1. The topological polar surface area (TPSA) is 114 Å². The van der Waals surface area contributed by atoms with Crippen LogP contribution in [0.15, 0.2) is 83.1 Å². The molecule has 3 aromatic carbocycles. The van der Waals surface area contributed by atoms with Gasteiger partial charge in [0.2, 0.25) is 0 Å². The maximum Gasteiger partial charge on any atom is 0.338 e. The van der Waals surface area contributed by atoms with Gasteiger partial charge in [0.15, 0.2) is 11.7 Å². The molecule has 0 saturated heterocycles. The van der Waals surface area contributed by atoms with Gasteiger partial charge in [-0.05, 0) is 75.8 Å². The van der Waals surface area contributed by atoms with E-state index < -0.39 is 17.9 Å². The molecule has 242 valence electrons. The fourth-order valence-electron chi connectivity index (χ4n) is 4.89. The van der Waals surface area contributed by atoms with Gasteiger partial charge in [0.25, 0.3) is 5.91 Å². The van der Waals surface area contributed by atoms with Crippen LogP contribution in [0.2, 0.25) is 5.02 Å². The third kappa shape index (κ3) is 8.98. The van der Waals surface area contributed by atoms with Crippen molar-refractivity contribution in [1.29, 1.82) is 0 Å². The number of benzene rings is 3. The Morgan fingerprint density at radius 1 is 1.02 bits per heavy atom. The maximum absolute atomic E-state index is 12.8. The largest absolute Gasteiger partial charge is 0.488 e. The lowest BCUT2D eigenvalue weighted by molar-refractivity contribution is -0.139. The SMILES string of the molecule is CCOC(=O)C1=C(C)NC(=S)N[C@H]1c1ccccc1OCC(=O)NN=Cc1ccc(N(CC)CC)cc1OCc1ccc(Cl)cc1. The molecular formula is C34H38ClN5O5S. The quantitative estimate of drug-likeness (QED) is 0.0872. The van der Waals surface area contributed by atoms with Crippen LogP contribution >= 0.6 is 23.8 Å². The van der Waals surface area contributed by atoms with Gasteiger partial charge in [-0.3, -0.25) is 4.79 Å². The van der Waals surface area contributed by atoms with Crippen LogP contribution < -0.4 is 30.4 Å². The number of rotatable bonds is 14. The van der Waals surface area contributed by atoms with Crippen LogP contribution in [0.5, 0.6) is 11.5 Å². The van der Waals surface area contributed by atoms with E-state index in [1.165, 1.54) is 6.21 Å². The highest BCUT2D eigenvalue weighted by molar-refractivity contribution is 7.80. The Kier molecular flexibility index (Phi) is 12.4. The summed E-state index contributed by atoms with van der Waals surface area (Å²) in [5.41, 5.74) is 6.78. The second-order valence-electron chi connectivity index (χ2n) is 10.2. The van der Waals surface area contributed by atoms with Gasteiger partial charge >= 0.3 is 5.97 Å². The molecule has 0 spiro atoms. The first-order valence-electron chi connectivity index (χ1n) is 15.0. The Morgan fingerprint density at radius 2 is 1.76 bits per heavy atom. The van der Waals surface area contributed by atoms with Crippen molar-refractivity contribution in [3.63, 3.8) is 0 Å². The molecule has 1 amide bonds. The summed E-state index contributed by atoms with van der Waals surface area (Å²) in [5, 5.41) is 11.3. The van der Waals surface area contributed by atoms with E-state index in [1.807, 2.05) is 48.5 Å². The van der Waals surface area contributed by atoms with Gasteiger partial charge in [0.05, 0.1) is 24.4 Å². The first-order chi connectivity index (χ1) is 22.2. The third-order valence-corrected chi connectivity index (χ3v) is 7.65. The van der Waals surface area contributed by atoms with Crippen molar-refractivity contribution >= 4 is 52.7 Å². The Labute approximate surface area is 279 Å². The normalized spacial score (nSPS) is 14.4. The van der Waals surface area contributed by atoms with Crippen molar-refractivity contribution in [3.05, 3.63) is 99.7 Å². The number of hydrogen-bond acceptors (Lipinski definition) is 8. The average molecular weight is 664 g/mol. The zero-order valence-corrected chi connectivity index (χ0v) is 27.8. The number of ether oxygens (including phenoxy) is 3. The zero-order chi connectivity index (χ0) is 33.1. The number of amides is 1. The molecule has 0 aromatic heterocycles. The first kappa shape index (κ1) is 34.3. The summed E-state index contributed by atoms with van der Waals surface area (Å²) in [7, 11) is 0. The lowest BCUT2D eigenvalue weighted by atomic mass is 9.95. The number of esters is 1. The summed E-state index contributed by atoms with van der Waals surface area (Å²) >= 11 is 11.4. The molecule has 1 atom stereocenters. The number of nitrogens with one attached hydrogen (secondary N) is 3. The molecule has 0 fully saturated rings. The molecular weight excluding hydrogens is 626 g/mol. The van der Waals surface area contributed by atoms with E-state index >= 15 is 0 Å². The van der Waals surface area contributed by atoms with E-state index in [2.05, 4.69) is 39.9 Å². The van der Waals surface area contributed by atoms with Crippen LogP contribution in [-0.4, -0.2) is 49.5 Å². The van der Waals surface area contributed by atoms with Crippen LogP contribution in [-0.2, 0) is 20.9 Å². The minimum atomic E-state index is -0.629. The summed E-state index contributed by atoms with van der Waals surface area (Å²) in [5.74, 6) is 0.0792. The summed E-state index contributed by atoms with van der Waals surface area (Å²) in [6.07, 6.45) is 1.54. The number of halogens is 1. The molecule has 0 bridgehead atoms. The molecule has 46 heavy (non-hydrogen) atoms. The van der Waals surface area contributed by atoms with Gasteiger partial charge in [-0.1, -0.05) is 41.9 Å². The number of carbonyl (C=O) groups excluding carboxylic acids is 2. The predicted octanol–water partition coefficient (Wildman–Crippen LogP) is 5.65. The number of allylic oxidation sites excluding steroid dienone is 1. The molecule has 1 heterocycles. The van der Waals surface area contributed by atoms with Gasteiger partial charge in [-0.2, -0.15) is 5.10 Å². The van der Waals surface area contributed by atoms with Crippen molar-refractivity contribution in [1.82, 2.24) is 16.1 Å². The molecule has 12 heteroatoms. The fourth-order valence-corrected chi connectivity index (χ4v) is 5.29. The van der Waals surface area contributed by atoms with Gasteiger partial charge in [0.1, 0.15) is 18.1 Å². The molecule has 4 rings (SSSR count). The van der Waals surface area contributed by atoms with E-state index in [-0.39, 0.29) is 13.2 Å². The lowest BCUT2D eigenvalue weighted by Gasteiger charge is -2.30. The summed E-state index contributed by atoms with van der Waals surface area (Å²) < 4.78 is 17.4. The Balaban J connectivity index is 1.45. The molecule has 1 aliphatic heterocycles. The van der Waals surface area contributed by atoms with Gasteiger partial charge in [-0.15, -0.1) is 0 Å². The van der Waals surface area contributed by atoms with E-state index in [0.717, 1.165) is 24.3 Å². The number of carbonyl (C=O) groups is 2. The fraction of sp³-hybridized carbons (Fsp3) is 0.294. The zero-order valence-electron chi connectivity index (χ0n) is 26.3. The van der Waals surface area contributed by atoms with Crippen molar-refractivity contribution in [3.8, 4) is 11.5 Å². The van der Waals surface area contributed by atoms with E-state index in [4.69, 9.17) is 38.0 Å². The summed E-state index contributed by atoms with van der Waals surface area (Å²) in [6, 6.07) is 19.8. The smallest absolute Gasteiger partial charge is 0.338 e. The number of nitrogens with zero attached hydrogens (tertiary/aromatic N) is 2. The molecule has 1 aliphatic rings. The van der Waals surface area contributed by atoms with Crippen molar-refractivity contribution < 1.29 is 23.8 Å². The molecule has 0 saturated carbocycles. The molecule has 0 aliphatic carbocycles. The Bertz CT molecular complexity index is 1610. The maximum atomic E-state index is 12.8. The molecule has 3 aromatic rings. The third-order valence-electron chi connectivity index (χ3n) is 7.18. The number of hydrazone groups is 1. The first-order valence-corrected chi connectivity index (χ1v) is 15.8. The second-order valence-corrected chi connectivity index (χ2v) is 11.1. The lowest BCUT2D eigenvalue weighted by Crippen LogP contribution is -2.45. The van der Waals surface area contributed by atoms with Gasteiger partial charge < -0.3 is 29.7 Å². The highest BCUT2D eigenvalue weighted by Crippen LogP contribution is 2.33. The van der Waals surface area contributed by atoms with E-state index in [9.17, 15) is 9.59 Å². The van der Waals surface area contributed by atoms with Crippen LogP contribution in [0.1, 0.15) is 50.4 Å². The van der Waals surface area contributed by atoms with Crippen LogP contribution in [0.25, 0.3) is 0 Å². The predicted molar refractivity (Wildman–Crippen MR) is 184 cm³/mol. The monoisotopic (exact) mass is 663 g/mol. The minimum Gasteiger partial charge on any atom is -0.488 e. The standard InChI is InChI=1S/C34H38ClN5O5S/c1-5-40(6-2)26-17-14-24(29(18-26)44-20-23-12-15-25(35)16-13-23)19-36-39-30(41)21-45-28-11-9-8-10-27(28)32-31(33(42)43-7-3)22(4)37-34(46)38-32/h8-19,32H,5-7,20-21H2,1-4H3,(H,39,41)(H2,37,38,46)/t32-/m0/s1. The van der Waals surface area contributed by atoms with Crippen molar-refractivity contribution in [2.24, 2.45) is 5.10 Å². The molecule has 10 nitrogen and oxygen atoms in total. The molecule has 0 radical (unpaired) electrons. The summed E-state index contributed by atoms with van der Waals surface area (Å²) in [4.78, 5) is 27.8. The van der Waals surface area contributed by atoms with Gasteiger partial charge in [0, 0.05) is 46.7 Å². The average Bonchev–Trinajstić information content (AvgIpc) is 3.04. The Morgan fingerprint density at radius 3 is 2.48 bits per heavy atom. The number of anilines is 1. The Hall–Kier alpha value is -4.61. The molecule has 0 unspecified atom stereocenters. The minimum absolute atomic E-state index is 0.224. The van der Waals surface area contributed by atoms with Gasteiger partial charge in [-0.25, -0.2) is 10.2 Å². The molecule has 3 N–H and O–H groups in total.